The van der Waals surface area contributed by atoms with Crippen LogP contribution in [0.5, 0.6) is 0 Å². The van der Waals surface area contributed by atoms with Gasteiger partial charge in [0.1, 0.15) is 5.76 Å². The lowest BCUT2D eigenvalue weighted by molar-refractivity contribution is 0.102. The van der Waals surface area contributed by atoms with Crippen molar-refractivity contribution in [3.8, 4) is 0 Å². The van der Waals surface area contributed by atoms with E-state index < -0.39 is 20.9 Å². The van der Waals surface area contributed by atoms with Gasteiger partial charge in [-0.3, -0.25) is 4.79 Å². The van der Waals surface area contributed by atoms with E-state index in [1.165, 1.54) is 11.8 Å². The minimum Gasteiger partial charge on any atom is -0.467 e. The Morgan fingerprint density at radius 3 is 2.44 bits per heavy atom. The number of amides is 1. The largest absolute Gasteiger partial charge is 0.467 e. The van der Waals surface area contributed by atoms with Crippen LogP contribution in [0, 0.1) is 0 Å². The summed E-state index contributed by atoms with van der Waals surface area (Å²) < 4.78 is 29.9. The summed E-state index contributed by atoms with van der Waals surface area (Å²) in [6.07, 6.45) is 4.85. The lowest BCUT2D eigenvalue weighted by atomic mass is 10.1. The Kier molecular flexibility index (Phi) is 7.71. The average molecular weight is 525 g/mol. The van der Waals surface area contributed by atoms with Gasteiger partial charge in [0.2, 0.25) is 15.0 Å². The maximum atomic E-state index is 13.4. The van der Waals surface area contributed by atoms with Crippen molar-refractivity contribution in [1.29, 1.82) is 0 Å². The van der Waals surface area contributed by atoms with Gasteiger partial charge in [-0.2, -0.15) is 0 Å². The first kappa shape index (κ1) is 25.4. The minimum atomic E-state index is -3.76. The lowest BCUT2D eigenvalue weighted by Gasteiger charge is -2.25. The Morgan fingerprint density at radius 2 is 1.81 bits per heavy atom. The molecule has 0 aliphatic rings. The van der Waals surface area contributed by atoms with E-state index in [-0.39, 0.29) is 5.69 Å². The summed E-state index contributed by atoms with van der Waals surface area (Å²) >= 11 is 6.06. The zero-order chi connectivity index (χ0) is 25.7. The van der Waals surface area contributed by atoms with Crippen LogP contribution in [0.4, 0.5) is 11.4 Å². The van der Waals surface area contributed by atoms with Crippen LogP contribution in [0.15, 0.2) is 82.7 Å². The van der Waals surface area contributed by atoms with Crippen molar-refractivity contribution in [1.82, 2.24) is 9.97 Å². The van der Waals surface area contributed by atoms with Gasteiger partial charge in [-0.05, 0) is 47.9 Å². The third-order valence-electron chi connectivity index (χ3n) is 5.45. The number of halogens is 1. The second-order valence-electron chi connectivity index (χ2n) is 8.23. The standard InChI is InChI=1S/C26H25ClN4O4S/c1-3-18-9-11-19(12-10-18)16-31(17-22-8-5-13-35-22)23-15-28-26(36(2,33)34)30-24(23)25(32)29-21-7-4-6-20(27)14-21/h4-15H,3,16-17H2,1-2H3,(H,29,32). The molecule has 36 heavy (non-hydrogen) atoms. The first-order valence-corrected chi connectivity index (χ1v) is 13.5. The first-order valence-electron chi connectivity index (χ1n) is 11.2. The van der Waals surface area contributed by atoms with Gasteiger partial charge in [0, 0.05) is 23.5 Å². The van der Waals surface area contributed by atoms with Crippen LogP contribution in [0.2, 0.25) is 5.02 Å². The fourth-order valence-electron chi connectivity index (χ4n) is 3.61. The molecule has 0 saturated carbocycles. The molecule has 1 amide bonds. The molecule has 0 fully saturated rings. The summed E-state index contributed by atoms with van der Waals surface area (Å²) in [4.78, 5) is 23.5. The Balaban J connectivity index is 1.77. The number of nitrogens with one attached hydrogen (secondary N) is 1. The highest BCUT2D eigenvalue weighted by Crippen LogP contribution is 2.26. The number of hydrogen-bond acceptors (Lipinski definition) is 7. The molecular weight excluding hydrogens is 500 g/mol. The number of anilines is 2. The summed E-state index contributed by atoms with van der Waals surface area (Å²) in [5.74, 6) is 0.0684. The molecule has 4 rings (SSSR count). The molecule has 0 unspecified atom stereocenters. The van der Waals surface area contributed by atoms with Crippen LogP contribution < -0.4 is 10.2 Å². The van der Waals surface area contributed by atoms with Gasteiger partial charge >= 0.3 is 0 Å². The first-order chi connectivity index (χ1) is 17.2. The summed E-state index contributed by atoms with van der Waals surface area (Å²) in [5, 5.41) is 2.76. The topological polar surface area (TPSA) is 105 Å². The zero-order valence-corrected chi connectivity index (χ0v) is 21.4. The van der Waals surface area contributed by atoms with E-state index in [0.717, 1.165) is 18.2 Å². The van der Waals surface area contributed by atoms with Gasteiger partial charge in [-0.25, -0.2) is 18.4 Å². The molecule has 2 heterocycles. The van der Waals surface area contributed by atoms with Gasteiger partial charge < -0.3 is 14.6 Å². The molecule has 10 heteroatoms. The highest BCUT2D eigenvalue weighted by atomic mass is 35.5. The summed E-state index contributed by atoms with van der Waals surface area (Å²) in [6.45, 7) is 2.80. The summed E-state index contributed by atoms with van der Waals surface area (Å²) in [5.41, 5.74) is 2.93. The van der Waals surface area contributed by atoms with Crippen molar-refractivity contribution in [2.45, 2.75) is 31.6 Å². The number of nitrogens with zero attached hydrogens (tertiary/aromatic N) is 3. The van der Waals surface area contributed by atoms with E-state index in [4.69, 9.17) is 16.0 Å². The quantitative estimate of drug-likeness (QED) is 0.302. The molecule has 1 N–H and O–H groups in total. The molecule has 0 saturated heterocycles. The smallest absolute Gasteiger partial charge is 0.276 e. The van der Waals surface area contributed by atoms with E-state index >= 15 is 0 Å². The number of hydrogen-bond donors (Lipinski definition) is 1. The molecule has 0 spiro atoms. The fourth-order valence-corrected chi connectivity index (χ4v) is 4.30. The van der Waals surface area contributed by atoms with E-state index in [1.54, 1.807) is 36.6 Å². The van der Waals surface area contributed by atoms with Crippen molar-refractivity contribution in [2.24, 2.45) is 0 Å². The third-order valence-corrected chi connectivity index (χ3v) is 6.54. The number of carbonyl (C=O) groups excluding carboxylic acids is 1. The molecular formula is C26H25ClN4O4S. The number of aromatic nitrogens is 2. The van der Waals surface area contributed by atoms with E-state index in [1.807, 2.05) is 23.1 Å². The number of carbonyl (C=O) groups is 1. The molecule has 0 aliphatic heterocycles. The van der Waals surface area contributed by atoms with Crippen molar-refractivity contribution < 1.29 is 17.6 Å². The molecule has 8 nitrogen and oxygen atoms in total. The number of aryl methyl sites for hydroxylation is 1. The molecule has 0 radical (unpaired) electrons. The van der Waals surface area contributed by atoms with Crippen molar-refractivity contribution >= 4 is 38.7 Å². The van der Waals surface area contributed by atoms with Crippen LogP contribution in [-0.2, 0) is 29.3 Å². The molecule has 0 bridgehead atoms. The van der Waals surface area contributed by atoms with Gasteiger partial charge in [0.25, 0.3) is 5.91 Å². The van der Waals surface area contributed by atoms with Crippen LogP contribution in [0.1, 0.15) is 34.3 Å². The molecule has 2 aromatic carbocycles. The normalized spacial score (nSPS) is 11.3. The van der Waals surface area contributed by atoms with E-state index in [0.29, 0.717) is 35.2 Å². The highest BCUT2D eigenvalue weighted by molar-refractivity contribution is 7.90. The van der Waals surface area contributed by atoms with Crippen LogP contribution in [-0.4, -0.2) is 30.5 Å². The fraction of sp³-hybridized carbons (Fsp3) is 0.192. The number of sulfone groups is 1. The number of benzene rings is 2. The van der Waals surface area contributed by atoms with Crippen molar-refractivity contribution in [2.75, 3.05) is 16.5 Å². The maximum Gasteiger partial charge on any atom is 0.276 e. The zero-order valence-electron chi connectivity index (χ0n) is 19.8. The minimum absolute atomic E-state index is 0.0814. The van der Waals surface area contributed by atoms with Crippen LogP contribution in [0.3, 0.4) is 0 Å². The van der Waals surface area contributed by atoms with E-state index in [2.05, 4.69) is 34.3 Å². The van der Waals surface area contributed by atoms with Gasteiger partial charge in [-0.1, -0.05) is 48.9 Å². The SMILES string of the molecule is CCc1ccc(CN(Cc2ccco2)c2cnc(S(C)(=O)=O)nc2C(=O)Nc2cccc(Cl)c2)cc1. The Bertz CT molecular complexity index is 1460. The summed E-state index contributed by atoms with van der Waals surface area (Å²) in [7, 11) is -3.76. The van der Waals surface area contributed by atoms with Crippen LogP contribution in [0.25, 0.3) is 0 Å². The summed E-state index contributed by atoms with van der Waals surface area (Å²) in [6, 6.07) is 18.4. The van der Waals surface area contributed by atoms with Gasteiger partial charge in [0.15, 0.2) is 5.69 Å². The monoisotopic (exact) mass is 524 g/mol. The Morgan fingerprint density at radius 1 is 1.06 bits per heavy atom. The molecule has 4 aromatic rings. The second kappa shape index (κ2) is 10.9. The van der Waals surface area contributed by atoms with Gasteiger partial charge in [-0.15, -0.1) is 0 Å². The molecule has 0 aliphatic carbocycles. The Hall–Kier alpha value is -3.69. The number of rotatable bonds is 9. The predicted octanol–water partition coefficient (Wildman–Crippen LogP) is 5.15. The van der Waals surface area contributed by atoms with Crippen molar-refractivity contribution in [3.63, 3.8) is 0 Å². The van der Waals surface area contributed by atoms with Crippen molar-refractivity contribution in [3.05, 3.63) is 101 Å². The Labute approximate surface area is 214 Å². The second-order valence-corrected chi connectivity index (χ2v) is 10.6. The average Bonchev–Trinajstić information content (AvgIpc) is 3.36. The highest BCUT2D eigenvalue weighted by Gasteiger charge is 2.24. The predicted molar refractivity (Wildman–Crippen MR) is 139 cm³/mol. The molecule has 2 aromatic heterocycles. The van der Waals surface area contributed by atoms with E-state index in [9.17, 15) is 13.2 Å². The number of furan rings is 1. The lowest BCUT2D eigenvalue weighted by Crippen LogP contribution is -2.27. The maximum absolute atomic E-state index is 13.4. The van der Waals surface area contributed by atoms with Crippen LogP contribution >= 0.6 is 11.6 Å². The molecule has 0 atom stereocenters. The third kappa shape index (κ3) is 6.30. The molecule has 186 valence electrons. The van der Waals surface area contributed by atoms with Gasteiger partial charge in [0.05, 0.1) is 24.7 Å².